The van der Waals surface area contributed by atoms with Gasteiger partial charge in [0, 0.05) is 67.7 Å². The number of carbonyl (C=O) groups is 2. The zero-order valence-electron chi connectivity index (χ0n) is 29.1. The number of anilines is 2. The Hall–Kier alpha value is -5.33. The number of aromatic nitrogens is 4. The van der Waals surface area contributed by atoms with Gasteiger partial charge in [0.15, 0.2) is 11.6 Å². The highest BCUT2D eigenvalue weighted by Gasteiger charge is 2.45. The third-order valence-electron chi connectivity index (χ3n) is 10.8. The Balaban J connectivity index is 0.902. The predicted octanol–water partition coefficient (Wildman–Crippen LogP) is 7.97. The standard InChI is InChI=1S/C41H36F2N6O3S/c1-24-4-11-28(39(45-24)48-22-41(23-48)15-19-52-20-16-41)33(50)13-7-25-5-8-26(9-6-25)40(51)49-18-14-29-34(43)37(53-36(29)35-32(49)3-2-17-44-35)38-46-30-12-10-27(42)21-31(30)47-38/h2-6,8-12,17,21H,7,13-16,18-20,22-23H2,1H3,(H,46,47). The van der Waals surface area contributed by atoms with Gasteiger partial charge in [0.1, 0.15) is 28.0 Å². The van der Waals surface area contributed by atoms with Gasteiger partial charge in [-0.05, 0) is 92.8 Å². The second-order valence-electron chi connectivity index (χ2n) is 14.3. The number of Topliss-reactive ketones (excluding diaryl/α,β-unsaturated/α-hetero) is 1. The van der Waals surface area contributed by atoms with Gasteiger partial charge in [-0.2, -0.15) is 0 Å². The van der Waals surface area contributed by atoms with Gasteiger partial charge in [0.05, 0.1) is 27.2 Å². The van der Waals surface area contributed by atoms with E-state index in [2.05, 4.69) is 19.9 Å². The molecule has 0 saturated carbocycles. The number of aromatic amines is 1. The van der Waals surface area contributed by atoms with E-state index < -0.39 is 11.6 Å². The van der Waals surface area contributed by atoms with E-state index in [1.165, 1.54) is 23.5 Å². The number of ether oxygens (including phenoxy) is 1. The van der Waals surface area contributed by atoms with Crippen LogP contribution < -0.4 is 9.80 Å². The topological polar surface area (TPSA) is 104 Å². The van der Waals surface area contributed by atoms with Gasteiger partial charge in [0.25, 0.3) is 5.91 Å². The highest BCUT2D eigenvalue weighted by Crippen LogP contribution is 2.46. The lowest BCUT2D eigenvalue weighted by molar-refractivity contribution is -0.000523. The van der Waals surface area contributed by atoms with E-state index in [1.54, 1.807) is 35.4 Å². The Morgan fingerprint density at radius 3 is 2.60 bits per heavy atom. The smallest absolute Gasteiger partial charge is 0.258 e. The first-order valence-corrected chi connectivity index (χ1v) is 18.7. The molecule has 9 rings (SSSR count). The van der Waals surface area contributed by atoms with Crippen LogP contribution in [0, 0.1) is 24.0 Å². The van der Waals surface area contributed by atoms with Gasteiger partial charge in [-0.1, -0.05) is 12.1 Å². The molecule has 3 aliphatic rings. The van der Waals surface area contributed by atoms with E-state index in [0.29, 0.717) is 67.5 Å². The van der Waals surface area contributed by atoms with Crippen molar-refractivity contribution < 1.29 is 23.1 Å². The lowest BCUT2D eigenvalue weighted by atomic mass is 9.73. The molecule has 4 aromatic heterocycles. The minimum absolute atomic E-state index is 0.0475. The van der Waals surface area contributed by atoms with Crippen molar-refractivity contribution in [3.05, 3.63) is 113 Å². The van der Waals surface area contributed by atoms with Crippen molar-refractivity contribution in [1.29, 1.82) is 0 Å². The van der Waals surface area contributed by atoms with Crippen molar-refractivity contribution in [3.8, 4) is 21.3 Å². The van der Waals surface area contributed by atoms with E-state index in [9.17, 15) is 14.0 Å². The Labute approximate surface area is 308 Å². The van der Waals surface area contributed by atoms with Gasteiger partial charge < -0.3 is 19.5 Å². The summed E-state index contributed by atoms with van der Waals surface area (Å²) in [4.78, 5) is 49.4. The normalized spacial score (nSPS) is 16.3. The molecule has 0 unspecified atom stereocenters. The fraction of sp³-hybridized carbons (Fsp3) is 0.293. The maximum absolute atomic E-state index is 16.1. The number of H-pyrrole nitrogens is 1. The van der Waals surface area contributed by atoms with E-state index in [-0.39, 0.29) is 30.1 Å². The number of rotatable bonds is 7. The lowest BCUT2D eigenvalue weighted by Crippen LogP contribution is -2.59. The van der Waals surface area contributed by atoms with Gasteiger partial charge in [-0.3, -0.25) is 14.6 Å². The summed E-state index contributed by atoms with van der Waals surface area (Å²) in [7, 11) is 0. The first-order valence-electron chi connectivity index (χ1n) is 17.9. The van der Waals surface area contributed by atoms with Gasteiger partial charge in [-0.25, -0.2) is 18.7 Å². The molecule has 12 heteroatoms. The van der Waals surface area contributed by atoms with Crippen molar-refractivity contribution in [1.82, 2.24) is 19.9 Å². The third kappa shape index (κ3) is 6.09. The maximum atomic E-state index is 16.1. The molecular weight excluding hydrogens is 695 g/mol. The number of ketones is 1. The van der Waals surface area contributed by atoms with Crippen LogP contribution in [-0.4, -0.2) is 64.5 Å². The Kier molecular flexibility index (Phi) is 8.38. The van der Waals surface area contributed by atoms with Crippen molar-refractivity contribution >= 4 is 45.6 Å². The maximum Gasteiger partial charge on any atom is 0.258 e. The molecule has 9 nitrogen and oxygen atoms in total. The number of amides is 1. The first kappa shape index (κ1) is 33.5. The van der Waals surface area contributed by atoms with E-state index in [4.69, 9.17) is 9.72 Å². The first-order chi connectivity index (χ1) is 25.7. The van der Waals surface area contributed by atoms with Crippen LogP contribution in [0.25, 0.3) is 32.3 Å². The van der Waals surface area contributed by atoms with Crippen molar-refractivity contribution in [2.75, 3.05) is 42.6 Å². The van der Waals surface area contributed by atoms with Crippen LogP contribution in [0.15, 0.2) is 72.9 Å². The highest BCUT2D eigenvalue weighted by molar-refractivity contribution is 7.19. The minimum atomic E-state index is -0.420. The number of aryl methyl sites for hydroxylation is 2. The van der Waals surface area contributed by atoms with Gasteiger partial charge in [0.2, 0.25) is 0 Å². The molecule has 2 saturated heterocycles. The summed E-state index contributed by atoms with van der Waals surface area (Å²) in [5.41, 5.74) is 5.86. The molecule has 0 bridgehead atoms. The third-order valence-corrected chi connectivity index (χ3v) is 12.0. The molecule has 3 aliphatic heterocycles. The van der Waals surface area contributed by atoms with E-state index in [1.807, 2.05) is 37.3 Å². The number of benzene rings is 2. The summed E-state index contributed by atoms with van der Waals surface area (Å²) in [5, 5.41) is 0. The predicted molar refractivity (Wildman–Crippen MR) is 201 cm³/mol. The average molecular weight is 731 g/mol. The van der Waals surface area contributed by atoms with Gasteiger partial charge in [-0.15, -0.1) is 11.3 Å². The number of nitrogens with zero attached hydrogens (tertiary/aromatic N) is 5. The van der Waals surface area contributed by atoms with Crippen LogP contribution in [0.3, 0.4) is 0 Å². The Morgan fingerprint density at radius 2 is 1.79 bits per heavy atom. The Morgan fingerprint density at radius 1 is 0.981 bits per heavy atom. The summed E-state index contributed by atoms with van der Waals surface area (Å²) in [5.74, 6) is 0.103. The number of hydrogen-bond donors (Lipinski definition) is 1. The number of carbonyl (C=O) groups excluding carboxylic acids is 2. The lowest BCUT2D eigenvalue weighted by Gasteiger charge is -2.53. The molecular formula is C41H36F2N6O3S. The molecule has 53 heavy (non-hydrogen) atoms. The monoisotopic (exact) mass is 730 g/mol. The molecule has 1 N–H and O–H groups in total. The summed E-state index contributed by atoms with van der Waals surface area (Å²) >= 11 is 1.22. The highest BCUT2D eigenvalue weighted by atomic mass is 32.1. The molecule has 7 heterocycles. The molecule has 0 atom stereocenters. The Bertz CT molecular complexity index is 2390. The second-order valence-corrected chi connectivity index (χ2v) is 15.3. The number of hydrogen-bond acceptors (Lipinski definition) is 8. The fourth-order valence-electron chi connectivity index (χ4n) is 7.84. The van der Waals surface area contributed by atoms with E-state index >= 15 is 4.39 Å². The zero-order chi connectivity index (χ0) is 36.3. The summed E-state index contributed by atoms with van der Waals surface area (Å²) in [6.07, 6.45) is 4.85. The van der Waals surface area contributed by atoms with Crippen LogP contribution in [0.1, 0.15) is 56.8 Å². The average Bonchev–Trinajstić information content (AvgIpc) is 3.68. The minimum Gasteiger partial charge on any atom is -0.381 e. The molecule has 0 radical (unpaired) electrons. The van der Waals surface area contributed by atoms with Crippen LogP contribution in [-0.2, 0) is 17.6 Å². The SMILES string of the molecule is Cc1ccc(C(=O)CCc2ccc(C(=O)N3CCc4c(sc(-c5nc6ccc(F)cc6[nH]5)c4F)-c4ncccc43)cc2)c(N2CC3(CCOCC3)C2)n1. The van der Waals surface area contributed by atoms with Crippen molar-refractivity contribution in [3.63, 3.8) is 0 Å². The summed E-state index contributed by atoms with van der Waals surface area (Å²) < 4.78 is 35.5. The summed E-state index contributed by atoms with van der Waals surface area (Å²) in [6, 6.07) is 19.0. The molecule has 2 fully saturated rings. The second kappa shape index (κ2) is 13.3. The molecule has 0 aliphatic carbocycles. The van der Waals surface area contributed by atoms with Crippen LogP contribution in [0.5, 0.6) is 0 Å². The number of thiophene rings is 1. The quantitative estimate of drug-likeness (QED) is 0.166. The molecule has 1 amide bonds. The van der Waals surface area contributed by atoms with Gasteiger partial charge >= 0.3 is 0 Å². The van der Waals surface area contributed by atoms with Crippen molar-refractivity contribution in [2.24, 2.45) is 5.41 Å². The number of fused-ring (bicyclic) bond motifs is 4. The zero-order valence-corrected chi connectivity index (χ0v) is 29.9. The van der Waals surface area contributed by atoms with Crippen LogP contribution in [0.4, 0.5) is 20.3 Å². The molecule has 2 aromatic carbocycles. The fourth-order valence-corrected chi connectivity index (χ4v) is 9.02. The molecule has 1 spiro atoms. The molecule has 6 aromatic rings. The summed E-state index contributed by atoms with van der Waals surface area (Å²) in [6.45, 7) is 5.58. The number of imidazole rings is 1. The van der Waals surface area contributed by atoms with Crippen LogP contribution in [0.2, 0.25) is 0 Å². The van der Waals surface area contributed by atoms with Crippen LogP contribution >= 0.6 is 11.3 Å². The number of nitrogens with one attached hydrogen (secondary N) is 1. The molecule has 268 valence electrons. The number of pyridine rings is 2. The van der Waals surface area contributed by atoms with E-state index in [0.717, 1.165) is 56.2 Å². The largest absolute Gasteiger partial charge is 0.381 e. The number of halogens is 2. The van der Waals surface area contributed by atoms with Crippen molar-refractivity contribution in [2.45, 2.75) is 39.0 Å².